The Morgan fingerprint density at radius 1 is 1.15 bits per heavy atom. The van der Waals surface area contributed by atoms with Crippen molar-refractivity contribution in [2.45, 2.75) is 25.9 Å². The second-order valence-electron chi connectivity index (χ2n) is 6.49. The molecule has 8 heteroatoms. The quantitative estimate of drug-likeness (QED) is 0.427. The van der Waals surface area contributed by atoms with Crippen LogP contribution < -0.4 is 16.3 Å². The van der Waals surface area contributed by atoms with Crippen LogP contribution in [-0.4, -0.2) is 22.6 Å². The van der Waals surface area contributed by atoms with Gasteiger partial charge in [0.05, 0.1) is 16.7 Å². The van der Waals surface area contributed by atoms with Crippen molar-refractivity contribution >= 4 is 17.3 Å². The topological polar surface area (TPSA) is 109 Å². The van der Waals surface area contributed by atoms with Crippen LogP contribution in [0, 0.1) is 16.0 Å². The highest BCUT2D eigenvalue weighted by Gasteiger charge is 2.37. The number of hydrazine groups is 1. The molecule has 1 heterocycles. The standard InChI is InChI=1S/C19H21N5O3/c1-12-17(14-7-4-3-5-8-14)21-22-18(12)19(25)23-20-13(2)15-9-6-10-16(11-15)24(26)27/h3-12,17-18,21-22H,1-2H3,(H,23,25)/b20-13+. The largest absolute Gasteiger partial charge is 0.271 e. The Morgan fingerprint density at radius 2 is 1.89 bits per heavy atom. The molecule has 3 N–H and O–H groups in total. The summed E-state index contributed by atoms with van der Waals surface area (Å²) in [4.78, 5) is 22.9. The summed E-state index contributed by atoms with van der Waals surface area (Å²) < 4.78 is 0. The molecule has 27 heavy (non-hydrogen) atoms. The first-order valence-electron chi connectivity index (χ1n) is 8.62. The van der Waals surface area contributed by atoms with Crippen LogP contribution in [0.3, 0.4) is 0 Å². The monoisotopic (exact) mass is 367 g/mol. The zero-order chi connectivity index (χ0) is 19.4. The number of hydrazone groups is 1. The molecule has 2 aromatic carbocycles. The van der Waals surface area contributed by atoms with E-state index in [1.54, 1.807) is 19.1 Å². The highest BCUT2D eigenvalue weighted by atomic mass is 16.6. The molecule has 8 nitrogen and oxygen atoms in total. The molecular weight excluding hydrogens is 346 g/mol. The van der Waals surface area contributed by atoms with Crippen LogP contribution in [0.5, 0.6) is 0 Å². The Hall–Kier alpha value is -3.10. The van der Waals surface area contributed by atoms with E-state index in [9.17, 15) is 14.9 Å². The number of nitro benzene ring substituents is 1. The minimum absolute atomic E-state index is 0.0146. The van der Waals surface area contributed by atoms with Gasteiger partial charge in [0.15, 0.2) is 0 Å². The van der Waals surface area contributed by atoms with Crippen LogP contribution in [0.1, 0.15) is 31.0 Å². The normalized spacial score (nSPS) is 22.4. The number of carbonyl (C=O) groups excluding carboxylic acids is 1. The van der Waals surface area contributed by atoms with Crippen LogP contribution in [0.2, 0.25) is 0 Å². The summed E-state index contributed by atoms with van der Waals surface area (Å²) in [5.74, 6) is -0.251. The van der Waals surface area contributed by atoms with Gasteiger partial charge in [-0.2, -0.15) is 5.10 Å². The van der Waals surface area contributed by atoms with E-state index in [0.29, 0.717) is 11.3 Å². The highest BCUT2D eigenvalue weighted by Crippen LogP contribution is 2.28. The summed E-state index contributed by atoms with van der Waals surface area (Å²) in [7, 11) is 0. The van der Waals surface area contributed by atoms with E-state index in [1.165, 1.54) is 12.1 Å². The molecule has 0 bridgehead atoms. The Balaban J connectivity index is 1.66. The van der Waals surface area contributed by atoms with Crippen molar-refractivity contribution in [1.29, 1.82) is 0 Å². The van der Waals surface area contributed by atoms with Crippen LogP contribution in [-0.2, 0) is 4.79 Å². The van der Waals surface area contributed by atoms with Gasteiger partial charge in [0, 0.05) is 23.6 Å². The number of amides is 1. The summed E-state index contributed by atoms with van der Waals surface area (Å²) in [6, 6.07) is 15.6. The maximum atomic E-state index is 12.5. The number of carbonyl (C=O) groups is 1. The number of rotatable bonds is 5. The molecule has 1 aliphatic heterocycles. The summed E-state index contributed by atoms with van der Waals surface area (Å²) in [6.45, 7) is 3.68. The number of benzene rings is 2. The molecule has 3 rings (SSSR count). The van der Waals surface area contributed by atoms with E-state index < -0.39 is 11.0 Å². The van der Waals surface area contributed by atoms with Crippen molar-refractivity contribution in [3.8, 4) is 0 Å². The fourth-order valence-electron chi connectivity index (χ4n) is 3.10. The molecule has 1 saturated heterocycles. The lowest BCUT2D eigenvalue weighted by atomic mass is 9.91. The highest BCUT2D eigenvalue weighted by molar-refractivity contribution is 5.99. The van der Waals surface area contributed by atoms with Crippen molar-refractivity contribution in [1.82, 2.24) is 16.3 Å². The Labute approximate surface area is 156 Å². The minimum atomic E-state index is -0.463. The SMILES string of the molecule is C/C(=N\NC(=O)C1NNC(c2ccccc2)C1C)c1cccc([N+](=O)[O-])c1. The molecule has 1 amide bonds. The number of hydrogen-bond acceptors (Lipinski definition) is 6. The summed E-state index contributed by atoms with van der Waals surface area (Å²) >= 11 is 0. The van der Waals surface area contributed by atoms with Gasteiger partial charge in [-0.1, -0.05) is 49.4 Å². The van der Waals surface area contributed by atoms with Gasteiger partial charge in [-0.3, -0.25) is 14.9 Å². The summed E-state index contributed by atoms with van der Waals surface area (Å²) in [5, 5.41) is 15.0. The van der Waals surface area contributed by atoms with E-state index in [4.69, 9.17) is 0 Å². The minimum Gasteiger partial charge on any atom is -0.271 e. The van der Waals surface area contributed by atoms with Crippen LogP contribution in [0.4, 0.5) is 5.69 Å². The van der Waals surface area contributed by atoms with Gasteiger partial charge in [-0.25, -0.2) is 16.3 Å². The van der Waals surface area contributed by atoms with Crippen molar-refractivity contribution in [3.05, 3.63) is 75.8 Å². The summed E-state index contributed by atoms with van der Waals surface area (Å²) in [6.07, 6.45) is 0. The van der Waals surface area contributed by atoms with Gasteiger partial charge >= 0.3 is 0 Å². The summed E-state index contributed by atoms with van der Waals surface area (Å²) in [5.41, 5.74) is 10.9. The maximum Gasteiger partial charge on any atom is 0.270 e. The second-order valence-corrected chi connectivity index (χ2v) is 6.49. The van der Waals surface area contributed by atoms with E-state index in [-0.39, 0.29) is 23.6 Å². The average Bonchev–Trinajstić information content (AvgIpc) is 3.08. The van der Waals surface area contributed by atoms with Crippen LogP contribution >= 0.6 is 0 Å². The van der Waals surface area contributed by atoms with Crippen molar-refractivity contribution < 1.29 is 9.72 Å². The molecule has 0 saturated carbocycles. The smallest absolute Gasteiger partial charge is 0.270 e. The number of nitrogens with one attached hydrogen (secondary N) is 3. The molecular formula is C19H21N5O3. The molecule has 0 aliphatic carbocycles. The van der Waals surface area contributed by atoms with Crippen molar-refractivity contribution in [2.75, 3.05) is 0 Å². The predicted octanol–water partition coefficient (Wildman–Crippen LogP) is 2.29. The first kappa shape index (κ1) is 18.7. The molecule has 140 valence electrons. The fourth-order valence-corrected chi connectivity index (χ4v) is 3.10. The Kier molecular flexibility index (Phi) is 5.58. The average molecular weight is 367 g/mol. The van der Waals surface area contributed by atoms with E-state index in [0.717, 1.165) is 5.56 Å². The molecule has 1 aliphatic rings. The number of nitrogens with zero attached hydrogens (tertiary/aromatic N) is 2. The van der Waals surface area contributed by atoms with E-state index in [1.807, 2.05) is 37.3 Å². The fraction of sp³-hybridized carbons (Fsp3) is 0.263. The second kappa shape index (κ2) is 8.07. The lowest BCUT2D eigenvalue weighted by molar-refractivity contribution is -0.384. The Morgan fingerprint density at radius 3 is 2.59 bits per heavy atom. The maximum absolute atomic E-state index is 12.5. The molecule has 0 spiro atoms. The number of nitro groups is 1. The lowest BCUT2D eigenvalue weighted by Crippen LogP contribution is -2.43. The van der Waals surface area contributed by atoms with Gasteiger partial charge in [0.25, 0.3) is 11.6 Å². The zero-order valence-electron chi connectivity index (χ0n) is 15.0. The number of hydrogen-bond donors (Lipinski definition) is 3. The van der Waals surface area contributed by atoms with Crippen LogP contribution in [0.25, 0.3) is 0 Å². The zero-order valence-corrected chi connectivity index (χ0v) is 15.0. The van der Waals surface area contributed by atoms with Gasteiger partial charge in [-0.15, -0.1) is 0 Å². The van der Waals surface area contributed by atoms with Crippen LogP contribution in [0.15, 0.2) is 59.7 Å². The molecule has 1 fully saturated rings. The molecule has 2 aromatic rings. The van der Waals surface area contributed by atoms with Gasteiger partial charge in [0.2, 0.25) is 0 Å². The molecule has 0 aromatic heterocycles. The van der Waals surface area contributed by atoms with Crippen molar-refractivity contribution in [3.63, 3.8) is 0 Å². The first-order valence-corrected chi connectivity index (χ1v) is 8.62. The van der Waals surface area contributed by atoms with Gasteiger partial charge in [-0.05, 0) is 12.5 Å². The van der Waals surface area contributed by atoms with Gasteiger partial charge in [0.1, 0.15) is 6.04 Å². The first-order chi connectivity index (χ1) is 13.0. The number of non-ortho nitro benzene ring substituents is 1. The Bertz CT molecular complexity index is 869. The third-order valence-electron chi connectivity index (χ3n) is 4.70. The van der Waals surface area contributed by atoms with Crippen molar-refractivity contribution in [2.24, 2.45) is 11.0 Å². The molecule has 0 radical (unpaired) electrons. The third kappa shape index (κ3) is 4.18. The van der Waals surface area contributed by atoms with Gasteiger partial charge < -0.3 is 0 Å². The predicted molar refractivity (Wildman–Crippen MR) is 102 cm³/mol. The molecule has 3 unspecified atom stereocenters. The molecule has 3 atom stereocenters. The van der Waals surface area contributed by atoms with E-state index >= 15 is 0 Å². The lowest BCUT2D eigenvalue weighted by Gasteiger charge is -2.17. The van der Waals surface area contributed by atoms with E-state index in [2.05, 4.69) is 21.4 Å². The third-order valence-corrected chi connectivity index (χ3v) is 4.70.